The average molecular weight is 2900 g/mol. The van der Waals surface area contributed by atoms with Crippen molar-refractivity contribution in [2.24, 2.45) is 0 Å². The van der Waals surface area contributed by atoms with Crippen molar-refractivity contribution in [2.75, 3.05) is 0 Å². The summed E-state index contributed by atoms with van der Waals surface area (Å²) in [4.78, 5) is 71.7. The number of nitrogens with zero attached hydrogens (tertiary/aromatic N) is 5. The minimum Gasteiger partial charge on any atom is -0.512 e. The van der Waals surface area contributed by atoms with Gasteiger partial charge in [-0.1, -0.05) is 127 Å². The molecule has 145 heavy (non-hydrogen) atoms. The Morgan fingerprint density at radius 1 is 0.297 bits per heavy atom. The van der Waals surface area contributed by atoms with Crippen LogP contribution in [0.25, 0.3) is 110 Å². The van der Waals surface area contributed by atoms with Gasteiger partial charge in [-0.3, -0.25) is 24.0 Å². The summed E-state index contributed by atoms with van der Waals surface area (Å²) in [7, 11) is 0. The van der Waals surface area contributed by atoms with E-state index < -0.39 is 70.7 Å². The second kappa shape index (κ2) is 50.1. The van der Waals surface area contributed by atoms with Gasteiger partial charge >= 0.3 is 24.7 Å². The number of carbonyl (C=O) groups is 5. The molecule has 36 heteroatoms. The maximum atomic E-state index is 14.6. The van der Waals surface area contributed by atoms with Crippen molar-refractivity contribution < 1.29 is 225 Å². The number of hydrogen-bond acceptors (Lipinski definition) is 15. The maximum absolute atomic E-state index is 14.6. The summed E-state index contributed by atoms with van der Waals surface area (Å²) in [6.45, 7) is 16.0. The molecule has 5 heterocycles. The topological polar surface area (TPSA) is 251 Å². The van der Waals surface area contributed by atoms with Crippen LogP contribution >= 0.6 is 0 Å². The monoisotopic (exact) mass is 2900 g/mol. The van der Waals surface area contributed by atoms with Gasteiger partial charge < -0.3 is 50.5 Å². The first-order chi connectivity index (χ1) is 65.8. The predicted octanol–water partition coefficient (Wildman–Crippen LogP) is 27.9. The molecule has 5 aliphatic carbocycles. The number of carbonyl (C=O) groups excluding carboxylic acids is 5. The van der Waals surface area contributed by atoms with Crippen molar-refractivity contribution in [1.29, 1.82) is 0 Å². The molecule has 0 unspecified atom stereocenters. The zero-order valence-corrected chi connectivity index (χ0v) is 88.7. The quantitative estimate of drug-likeness (QED) is 0.0465. The smallest absolute Gasteiger partial charge is 0.454 e. The number of rotatable bonds is 5. The number of allylic oxidation sites excluding steroid dienone is 10. The van der Waals surface area contributed by atoms with Gasteiger partial charge in [0, 0.05) is 178 Å². The maximum Gasteiger partial charge on any atom is 0.454 e. The third-order valence-electron chi connectivity index (χ3n) is 21.8. The Kier molecular flexibility index (Phi) is 42.0. The van der Waals surface area contributed by atoms with Crippen LogP contribution in [-0.4, -0.2) is 104 Å². The molecule has 0 atom stereocenters. The molecule has 20 rings (SSSR count). The number of halogens is 16. The second-order valence-corrected chi connectivity index (χ2v) is 32.5. The minimum absolute atomic E-state index is 0. The van der Waals surface area contributed by atoms with E-state index in [4.69, 9.17) is 25.5 Å². The van der Waals surface area contributed by atoms with Gasteiger partial charge in [-0.25, -0.2) is 17.6 Å². The molecule has 0 amide bonds. The molecule has 0 bridgehead atoms. The fourth-order valence-electron chi connectivity index (χ4n) is 16.4. The number of benzene rings is 10. The largest absolute Gasteiger partial charge is 0.512 e. The fraction of sp³-hybridized carbons (Fsp3) is 0.174. The van der Waals surface area contributed by atoms with Crippen molar-refractivity contribution in [2.45, 2.75) is 123 Å². The van der Waals surface area contributed by atoms with Gasteiger partial charge in [-0.05, 0) is 191 Å². The summed E-state index contributed by atoms with van der Waals surface area (Å²) < 4.78 is 211. The molecule has 0 radical (unpaired) electrons. The third kappa shape index (κ3) is 27.3. The van der Waals surface area contributed by atoms with Crippen molar-refractivity contribution in [3.8, 4) is 56.3 Å². The number of pyridine rings is 5. The van der Waals surface area contributed by atoms with Crippen LogP contribution in [0.3, 0.4) is 0 Å². The van der Waals surface area contributed by atoms with Crippen molar-refractivity contribution in [3.63, 3.8) is 0 Å². The molecule has 0 saturated heterocycles. The van der Waals surface area contributed by atoms with Crippen LogP contribution in [0.4, 0.5) is 70.2 Å². The summed E-state index contributed by atoms with van der Waals surface area (Å²) >= 11 is 0. The Morgan fingerprint density at radius 3 is 0.869 bits per heavy atom. The summed E-state index contributed by atoms with van der Waals surface area (Å²) in [5, 5.41) is 49.3. The van der Waals surface area contributed by atoms with Crippen LogP contribution in [0, 0.1) is 30.3 Å². The van der Waals surface area contributed by atoms with Crippen LogP contribution in [0.15, 0.2) is 302 Å². The standard InChI is InChI=1S/C18H8F6N.C18H14N.2C16H8F2N.C16H10N.C5H2F6O2.4C5H8O2.5Pt/c19-17(20,21)16(18(22,23)24)12-6-2-1-5-11(12)15-14-10(8-9-25-15)4-3-7-13(14)16;1-18(2)14-8-4-3-7-13(14)17-16-12(10-11-19-17)6-5-9-15(16)18;2*17-16(18)12-6-2-1-5-11(12)15-14-10(8-9-19-15)4-3-7-13(14)16;1-2-7-14-12(4-1)10-13-6-3-5-11-8-9-17-16(14)15(11)13;6-4(7,8)2(12)1-3(13)5(9,10)11;4*1-4(6)3-5(2)7;;;;;/h1-4,6-9H;3-6,8-11H,1-2H3;2*1-4,6-9H;1-6,8-9H,10H2;1,12H;4*3,6H,1-2H3;;;;;/q5*-1;;;;;;;;;;. The Hall–Kier alpha value is -12.4. The number of aliphatic hydroxyl groups excluding tert-OH is 5. The summed E-state index contributed by atoms with van der Waals surface area (Å²) in [5.41, 5.74) is 5.78. The molecule has 0 aliphatic heterocycles. The van der Waals surface area contributed by atoms with E-state index in [-0.39, 0.29) is 201 Å². The van der Waals surface area contributed by atoms with Crippen LogP contribution in [0.1, 0.15) is 125 Å². The number of fused-ring (bicyclic) bond motifs is 10. The van der Waals surface area contributed by atoms with Crippen LogP contribution in [-0.2, 0) is 158 Å². The number of aromatic nitrogens is 5. The first-order valence-corrected chi connectivity index (χ1v) is 42.2. The zero-order valence-electron chi connectivity index (χ0n) is 77.3. The molecule has 15 nitrogen and oxygen atoms in total. The molecule has 15 aromatic rings. The van der Waals surface area contributed by atoms with E-state index in [0.717, 1.165) is 57.9 Å². The van der Waals surface area contributed by atoms with Crippen LogP contribution < -0.4 is 0 Å². The van der Waals surface area contributed by atoms with E-state index >= 15 is 0 Å². The SMILES string of the molecule is CC(=O)C=C(C)O.CC(=O)C=C(C)O.CC(=O)C=C(C)O.CC(=O)C=C(C)O.CC1(C)c2ccc[c-]c2-c2nccc3cccc1c23.FC(F)(F)C1(C(F)(F)F)c2ccc[c-]c2-c2nccc3cccc1c23.FC1(F)c2ccc[c-]c2-c2nccc3cccc1c23.FC1(F)c2ccc[c-]c2-c2nccc3cccc1c23.O=C(C=C(O)C(F)(F)F)C(F)(F)F.[Pt].[Pt].[Pt].[Pt].[Pt].[c-]1cccc2c1-c1nccc3cccc(c13)C2. The average Bonchev–Trinajstić information content (AvgIpc) is 0.679. The number of hydrogen-bond donors (Lipinski definition) is 5. The van der Waals surface area contributed by atoms with Gasteiger partial charge in [0.25, 0.3) is 17.6 Å². The van der Waals surface area contributed by atoms with E-state index in [1.165, 1.54) is 178 Å². The molecule has 0 saturated carbocycles. The Bertz CT molecular complexity index is 6970. The number of aliphatic hydroxyl groups is 5. The molecular formula is C109H82F16N5O10Pt5-5. The van der Waals surface area contributed by atoms with Gasteiger partial charge in [0.05, 0.1) is 23.0 Å². The summed E-state index contributed by atoms with van der Waals surface area (Å²) in [6, 6.07) is 75.6. The van der Waals surface area contributed by atoms with Gasteiger partial charge in [0.15, 0.2) is 28.5 Å². The molecule has 5 aliphatic rings. The normalized spacial score (nSPS) is 13.7. The Balaban J connectivity index is 0.000000252. The van der Waals surface area contributed by atoms with E-state index in [9.17, 15) is 94.2 Å². The van der Waals surface area contributed by atoms with Gasteiger partial charge in [-0.2, -0.15) is 52.7 Å². The van der Waals surface area contributed by atoms with Gasteiger partial charge in [-0.15, -0.1) is 160 Å². The van der Waals surface area contributed by atoms with Crippen molar-refractivity contribution in [3.05, 3.63) is 388 Å². The van der Waals surface area contributed by atoms with Crippen LogP contribution in [0.5, 0.6) is 0 Å². The molecule has 5 N–H and O–H groups in total. The Morgan fingerprint density at radius 2 is 0.552 bits per heavy atom. The molecule has 0 spiro atoms. The number of ketones is 5. The Labute approximate surface area is 893 Å². The van der Waals surface area contributed by atoms with E-state index in [1.54, 1.807) is 60.9 Å². The second-order valence-electron chi connectivity index (χ2n) is 32.5. The summed E-state index contributed by atoms with van der Waals surface area (Å²) in [5.74, 6) is -11.6. The van der Waals surface area contributed by atoms with Crippen molar-refractivity contribution in [1.82, 2.24) is 24.9 Å². The van der Waals surface area contributed by atoms with E-state index in [2.05, 4.69) is 136 Å². The molecule has 0 fully saturated rings. The molecule has 5 aromatic heterocycles. The molecule has 770 valence electrons. The summed E-state index contributed by atoms with van der Waals surface area (Å²) in [6.07, 6.45) is -8.76. The molecule has 10 aromatic carbocycles. The first kappa shape index (κ1) is 121. The van der Waals surface area contributed by atoms with Crippen LogP contribution in [0.2, 0.25) is 0 Å². The van der Waals surface area contributed by atoms with Gasteiger partial charge in [0.1, 0.15) is 0 Å². The van der Waals surface area contributed by atoms with Gasteiger partial charge in [0.2, 0.25) is 5.76 Å². The third-order valence-corrected chi connectivity index (χ3v) is 21.8. The zero-order chi connectivity index (χ0) is 103. The minimum atomic E-state index is -5.59. The fourth-order valence-corrected chi connectivity index (χ4v) is 16.4. The molecular weight excluding hydrogens is 2820 g/mol. The van der Waals surface area contributed by atoms with E-state index in [0.29, 0.717) is 33.3 Å². The van der Waals surface area contributed by atoms with E-state index in [1.807, 2.05) is 42.7 Å². The van der Waals surface area contributed by atoms with Crippen molar-refractivity contribution >= 4 is 82.8 Å². The first-order valence-electron chi connectivity index (χ1n) is 42.2. The predicted molar refractivity (Wildman–Crippen MR) is 500 cm³/mol. The number of alkyl halides is 16.